The first-order valence-electron chi connectivity index (χ1n) is 6.56. The summed E-state index contributed by atoms with van der Waals surface area (Å²) < 4.78 is 0. The summed E-state index contributed by atoms with van der Waals surface area (Å²) in [5.74, 6) is 1.25. The fourth-order valence-electron chi connectivity index (χ4n) is 3.64. The van der Waals surface area contributed by atoms with E-state index in [0.29, 0.717) is 11.8 Å². The molecule has 0 atom stereocenters. The van der Waals surface area contributed by atoms with Gasteiger partial charge in [-0.1, -0.05) is 33.8 Å². The maximum Gasteiger partial charge on any atom is 0.0991 e. The van der Waals surface area contributed by atoms with Crippen molar-refractivity contribution in [2.24, 2.45) is 11.8 Å². The molecule has 1 heteroatoms. The Kier molecular flexibility index (Phi) is 3.00. The average molecular weight is 227 g/mol. The zero-order chi connectivity index (χ0) is 12.6. The van der Waals surface area contributed by atoms with Crippen molar-refractivity contribution < 1.29 is 0 Å². The van der Waals surface area contributed by atoms with Gasteiger partial charge in [0.2, 0.25) is 0 Å². The van der Waals surface area contributed by atoms with E-state index < -0.39 is 0 Å². The zero-order valence-corrected chi connectivity index (χ0v) is 11.2. The van der Waals surface area contributed by atoms with Crippen LogP contribution in [-0.2, 0) is 11.8 Å². The Morgan fingerprint density at radius 2 is 1.82 bits per heavy atom. The summed E-state index contributed by atoms with van der Waals surface area (Å²) in [6, 6.07) is 8.51. The summed E-state index contributed by atoms with van der Waals surface area (Å²) in [7, 11) is 0. The normalized spacial score (nSPS) is 17.2. The molecule has 0 heterocycles. The molecule has 1 aromatic rings. The zero-order valence-electron chi connectivity index (χ0n) is 11.2. The highest BCUT2D eigenvalue weighted by Gasteiger charge is 2.43. The van der Waals surface area contributed by atoms with E-state index in [1.54, 1.807) is 0 Å². The highest BCUT2D eigenvalue weighted by atomic mass is 14.5. The molecular formula is C16H21N. The van der Waals surface area contributed by atoms with E-state index in [1.165, 1.54) is 17.5 Å². The summed E-state index contributed by atoms with van der Waals surface area (Å²) in [6.45, 7) is 9.25. The lowest BCUT2D eigenvalue weighted by atomic mass is 9.65. The van der Waals surface area contributed by atoms with Gasteiger partial charge in [0.1, 0.15) is 0 Å². The van der Waals surface area contributed by atoms with E-state index in [4.69, 9.17) is 5.26 Å². The SMILES string of the molecule is CC(C)C1(C(C)C)CCc2ccc(C#N)cc21. The third-order valence-corrected chi connectivity index (χ3v) is 4.61. The molecule has 0 fully saturated rings. The third kappa shape index (κ3) is 1.67. The number of benzene rings is 1. The first-order chi connectivity index (χ1) is 8.02. The topological polar surface area (TPSA) is 23.8 Å². The summed E-state index contributed by atoms with van der Waals surface area (Å²) >= 11 is 0. The quantitative estimate of drug-likeness (QED) is 0.747. The number of fused-ring (bicyclic) bond motifs is 1. The molecule has 1 aliphatic carbocycles. The monoisotopic (exact) mass is 227 g/mol. The van der Waals surface area contributed by atoms with Gasteiger partial charge in [-0.2, -0.15) is 5.26 Å². The first kappa shape index (κ1) is 12.2. The van der Waals surface area contributed by atoms with Crippen LogP contribution < -0.4 is 0 Å². The van der Waals surface area contributed by atoms with Crippen LogP contribution in [-0.4, -0.2) is 0 Å². The second kappa shape index (κ2) is 4.18. The number of nitriles is 1. The molecule has 1 aromatic carbocycles. The van der Waals surface area contributed by atoms with Crippen LogP contribution in [0, 0.1) is 23.2 Å². The molecule has 0 unspecified atom stereocenters. The number of hydrogen-bond acceptors (Lipinski definition) is 1. The van der Waals surface area contributed by atoms with E-state index in [-0.39, 0.29) is 5.41 Å². The lowest BCUT2D eigenvalue weighted by Crippen LogP contribution is -2.35. The number of aryl methyl sites for hydroxylation is 1. The molecule has 0 aliphatic heterocycles. The second-order valence-electron chi connectivity index (χ2n) is 5.83. The highest BCUT2D eigenvalue weighted by Crippen LogP contribution is 2.49. The molecule has 0 amide bonds. The molecule has 0 saturated carbocycles. The van der Waals surface area contributed by atoms with E-state index >= 15 is 0 Å². The summed E-state index contributed by atoms with van der Waals surface area (Å²) in [6.07, 6.45) is 2.39. The van der Waals surface area contributed by atoms with Gasteiger partial charge in [-0.3, -0.25) is 0 Å². The van der Waals surface area contributed by atoms with Crippen molar-refractivity contribution in [3.05, 3.63) is 34.9 Å². The Labute approximate surface area is 104 Å². The van der Waals surface area contributed by atoms with Gasteiger partial charge in [0.15, 0.2) is 0 Å². The predicted octanol–water partition coefficient (Wildman–Crippen LogP) is 4.05. The van der Waals surface area contributed by atoms with Crippen molar-refractivity contribution >= 4 is 0 Å². The van der Waals surface area contributed by atoms with Crippen molar-refractivity contribution in [1.82, 2.24) is 0 Å². The Hall–Kier alpha value is -1.29. The van der Waals surface area contributed by atoms with Gasteiger partial charge in [-0.25, -0.2) is 0 Å². The van der Waals surface area contributed by atoms with Gasteiger partial charge >= 0.3 is 0 Å². The summed E-state index contributed by atoms with van der Waals surface area (Å²) in [5.41, 5.74) is 3.95. The molecule has 2 rings (SSSR count). The minimum atomic E-state index is 0.266. The van der Waals surface area contributed by atoms with E-state index in [9.17, 15) is 0 Å². The first-order valence-corrected chi connectivity index (χ1v) is 6.56. The molecule has 90 valence electrons. The molecule has 0 saturated heterocycles. The average Bonchev–Trinajstić information content (AvgIpc) is 2.68. The Morgan fingerprint density at radius 1 is 1.18 bits per heavy atom. The molecule has 1 nitrogen and oxygen atoms in total. The smallest absolute Gasteiger partial charge is 0.0991 e. The summed E-state index contributed by atoms with van der Waals surface area (Å²) in [5, 5.41) is 9.07. The highest BCUT2D eigenvalue weighted by molar-refractivity contribution is 5.46. The minimum Gasteiger partial charge on any atom is -0.192 e. The van der Waals surface area contributed by atoms with Crippen molar-refractivity contribution in [3.63, 3.8) is 0 Å². The molecule has 17 heavy (non-hydrogen) atoms. The molecule has 0 N–H and O–H groups in total. The van der Waals surface area contributed by atoms with Crippen LogP contribution in [0.5, 0.6) is 0 Å². The van der Waals surface area contributed by atoms with Gasteiger partial charge < -0.3 is 0 Å². The van der Waals surface area contributed by atoms with Crippen molar-refractivity contribution in [1.29, 1.82) is 5.26 Å². The van der Waals surface area contributed by atoms with Crippen molar-refractivity contribution in [2.75, 3.05) is 0 Å². The number of hydrogen-bond donors (Lipinski definition) is 0. The molecule has 0 bridgehead atoms. The Bertz CT molecular complexity index is 455. The van der Waals surface area contributed by atoms with Crippen LogP contribution in [0.1, 0.15) is 50.8 Å². The lowest BCUT2D eigenvalue weighted by Gasteiger charge is -2.39. The van der Waals surface area contributed by atoms with Crippen LogP contribution in [0.3, 0.4) is 0 Å². The van der Waals surface area contributed by atoms with Crippen LogP contribution in [0.4, 0.5) is 0 Å². The van der Waals surface area contributed by atoms with Crippen LogP contribution >= 0.6 is 0 Å². The standard InChI is InChI=1S/C16H21N/c1-11(2)16(12(3)4)8-7-14-6-5-13(10-17)9-15(14)16/h5-6,9,11-12H,7-8H2,1-4H3. The maximum absolute atomic E-state index is 9.07. The molecule has 0 spiro atoms. The van der Waals surface area contributed by atoms with Crippen LogP contribution in [0.2, 0.25) is 0 Å². The van der Waals surface area contributed by atoms with Crippen molar-refractivity contribution in [2.45, 2.75) is 46.0 Å². The van der Waals surface area contributed by atoms with E-state index in [1.807, 2.05) is 6.07 Å². The van der Waals surface area contributed by atoms with Crippen LogP contribution in [0.25, 0.3) is 0 Å². The van der Waals surface area contributed by atoms with Gasteiger partial charge in [0.25, 0.3) is 0 Å². The Morgan fingerprint density at radius 3 is 2.35 bits per heavy atom. The summed E-state index contributed by atoms with van der Waals surface area (Å²) in [4.78, 5) is 0. The van der Waals surface area contributed by atoms with Crippen LogP contribution in [0.15, 0.2) is 18.2 Å². The molecule has 0 aromatic heterocycles. The lowest BCUT2D eigenvalue weighted by molar-refractivity contribution is 0.218. The van der Waals surface area contributed by atoms with Gasteiger partial charge in [0, 0.05) is 5.41 Å². The van der Waals surface area contributed by atoms with E-state index in [0.717, 1.165) is 12.0 Å². The molecular weight excluding hydrogens is 206 g/mol. The minimum absolute atomic E-state index is 0.266. The van der Waals surface area contributed by atoms with E-state index in [2.05, 4.69) is 45.9 Å². The maximum atomic E-state index is 9.07. The fraction of sp³-hybridized carbons (Fsp3) is 0.562. The second-order valence-corrected chi connectivity index (χ2v) is 5.83. The van der Waals surface area contributed by atoms with Gasteiger partial charge in [0.05, 0.1) is 11.6 Å². The largest absolute Gasteiger partial charge is 0.192 e. The van der Waals surface area contributed by atoms with Crippen molar-refractivity contribution in [3.8, 4) is 6.07 Å². The number of nitrogens with zero attached hydrogens (tertiary/aromatic N) is 1. The predicted molar refractivity (Wildman–Crippen MR) is 70.8 cm³/mol. The van der Waals surface area contributed by atoms with Gasteiger partial charge in [-0.15, -0.1) is 0 Å². The molecule has 1 aliphatic rings. The number of rotatable bonds is 2. The van der Waals surface area contributed by atoms with Gasteiger partial charge in [-0.05, 0) is 47.9 Å². The third-order valence-electron chi connectivity index (χ3n) is 4.61. The Balaban J connectivity index is 2.61. The molecule has 0 radical (unpaired) electrons. The fourth-order valence-corrected chi connectivity index (χ4v) is 3.64.